The summed E-state index contributed by atoms with van der Waals surface area (Å²) in [7, 11) is 0. The first-order valence-corrected chi connectivity index (χ1v) is 6.61. The molecule has 0 heterocycles. The van der Waals surface area contributed by atoms with Crippen LogP contribution < -0.4 is 5.32 Å². The number of nitrogens with one attached hydrogen (secondary N) is 1. The van der Waals surface area contributed by atoms with E-state index in [0.717, 1.165) is 15.6 Å². The molecule has 2 rings (SSSR count). The molecule has 2 nitrogen and oxygen atoms in total. The highest BCUT2D eigenvalue weighted by molar-refractivity contribution is 9.10. The van der Waals surface area contributed by atoms with Crippen LogP contribution >= 0.6 is 15.9 Å². The third kappa shape index (κ3) is 3.01. The zero-order valence-corrected chi connectivity index (χ0v) is 12.2. The second kappa shape index (κ2) is 5.53. The molecule has 0 aliphatic carbocycles. The van der Waals surface area contributed by atoms with Crippen LogP contribution in [0.3, 0.4) is 0 Å². The van der Waals surface area contributed by atoms with Crippen molar-refractivity contribution < 1.29 is 9.18 Å². The maximum Gasteiger partial charge on any atom is 0.256 e. The van der Waals surface area contributed by atoms with Crippen molar-refractivity contribution in [3.05, 3.63) is 63.4 Å². The Labute approximate surface area is 119 Å². The molecule has 0 aromatic heterocycles. The predicted octanol–water partition coefficient (Wildman–Crippen LogP) is 4.46. The second-order valence-electron chi connectivity index (χ2n) is 4.35. The Hall–Kier alpha value is -1.68. The Morgan fingerprint density at radius 1 is 1.21 bits per heavy atom. The summed E-state index contributed by atoms with van der Waals surface area (Å²) in [6.07, 6.45) is 0. The number of carbonyl (C=O) groups is 1. The monoisotopic (exact) mass is 321 g/mol. The Bertz CT molecular complexity index is 640. The summed E-state index contributed by atoms with van der Waals surface area (Å²) in [5.74, 6) is -0.755. The van der Waals surface area contributed by atoms with E-state index in [1.54, 1.807) is 24.3 Å². The predicted molar refractivity (Wildman–Crippen MR) is 78.0 cm³/mol. The van der Waals surface area contributed by atoms with Crippen molar-refractivity contribution in [1.29, 1.82) is 0 Å². The summed E-state index contributed by atoms with van der Waals surface area (Å²) >= 11 is 3.37. The molecule has 0 unspecified atom stereocenters. The average Bonchev–Trinajstić information content (AvgIpc) is 2.37. The van der Waals surface area contributed by atoms with Gasteiger partial charge in [0.2, 0.25) is 0 Å². The van der Waals surface area contributed by atoms with Gasteiger partial charge in [-0.3, -0.25) is 4.79 Å². The van der Waals surface area contributed by atoms with E-state index >= 15 is 0 Å². The maximum atomic E-state index is 13.6. The molecule has 1 amide bonds. The first kappa shape index (κ1) is 13.7. The first-order chi connectivity index (χ1) is 8.99. The summed E-state index contributed by atoms with van der Waals surface area (Å²) in [6.45, 7) is 3.69. The van der Waals surface area contributed by atoms with Gasteiger partial charge < -0.3 is 5.32 Å². The summed E-state index contributed by atoms with van der Waals surface area (Å²) < 4.78 is 14.5. The van der Waals surface area contributed by atoms with E-state index in [1.807, 2.05) is 19.9 Å². The van der Waals surface area contributed by atoms with Gasteiger partial charge >= 0.3 is 0 Å². The number of amides is 1. The van der Waals surface area contributed by atoms with Crippen LogP contribution in [0.25, 0.3) is 0 Å². The Kier molecular flexibility index (Phi) is 4.00. The largest absolute Gasteiger partial charge is 0.319 e. The normalized spacial score (nSPS) is 10.3. The van der Waals surface area contributed by atoms with E-state index in [9.17, 15) is 9.18 Å². The van der Waals surface area contributed by atoms with Crippen LogP contribution in [-0.4, -0.2) is 5.91 Å². The molecule has 19 heavy (non-hydrogen) atoms. The molecule has 0 saturated carbocycles. The van der Waals surface area contributed by atoms with Gasteiger partial charge in [0, 0.05) is 10.0 Å². The number of hydrogen-bond acceptors (Lipinski definition) is 1. The fourth-order valence-corrected chi connectivity index (χ4v) is 2.14. The molecule has 1 N–H and O–H groups in total. The Morgan fingerprint density at radius 3 is 2.68 bits per heavy atom. The molecule has 0 atom stereocenters. The lowest BCUT2D eigenvalue weighted by Gasteiger charge is -2.10. The van der Waals surface area contributed by atoms with Crippen molar-refractivity contribution in [2.24, 2.45) is 0 Å². The van der Waals surface area contributed by atoms with Gasteiger partial charge in [-0.2, -0.15) is 0 Å². The van der Waals surface area contributed by atoms with Gasteiger partial charge in [0.05, 0.1) is 5.69 Å². The van der Waals surface area contributed by atoms with Crippen LogP contribution in [0, 0.1) is 19.7 Å². The summed E-state index contributed by atoms with van der Waals surface area (Å²) in [4.78, 5) is 12.2. The highest BCUT2D eigenvalue weighted by Gasteiger charge is 2.12. The van der Waals surface area contributed by atoms with Crippen LogP contribution in [0.4, 0.5) is 10.1 Å². The van der Waals surface area contributed by atoms with Crippen LogP contribution in [0.5, 0.6) is 0 Å². The fraction of sp³-hybridized carbons (Fsp3) is 0.133. The molecule has 0 fully saturated rings. The quantitative estimate of drug-likeness (QED) is 0.869. The molecular weight excluding hydrogens is 309 g/mol. The zero-order valence-electron chi connectivity index (χ0n) is 10.6. The molecule has 4 heteroatoms. The van der Waals surface area contributed by atoms with E-state index in [1.165, 1.54) is 6.07 Å². The highest BCUT2D eigenvalue weighted by Crippen LogP contribution is 2.22. The minimum absolute atomic E-state index is 0.198. The molecule has 0 radical (unpaired) electrons. The summed E-state index contributed by atoms with van der Waals surface area (Å²) in [6, 6.07) is 9.97. The number of benzene rings is 2. The molecule has 0 bridgehead atoms. The van der Waals surface area contributed by atoms with Gasteiger partial charge in [-0.25, -0.2) is 4.39 Å². The van der Waals surface area contributed by atoms with E-state index < -0.39 is 5.82 Å². The molecule has 0 saturated heterocycles. The Balaban J connectivity index is 2.31. The van der Waals surface area contributed by atoms with Crippen molar-refractivity contribution in [3.8, 4) is 0 Å². The van der Waals surface area contributed by atoms with Crippen LogP contribution in [0.15, 0.2) is 40.9 Å². The average molecular weight is 322 g/mol. The zero-order chi connectivity index (χ0) is 14.0. The third-order valence-corrected chi connectivity index (χ3v) is 3.74. The lowest BCUT2D eigenvalue weighted by Crippen LogP contribution is -2.14. The van der Waals surface area contributed by atoms with Crippen molar-refractivity contribution in [2.45, 2.75) is 13.8 Å². The smallest absolute Gasteiger partial charge is 0.256 e. The van der Waals surface area contributed by atoms with Crippen LogP contribution in [0.2, 0.25) is 0 Å². The minimum Gasteiger partial charge on any atom is -0.319 e. The summed E-state index contributed by atoms with van der Waals surface area (Å²) in [5.41, 5.74) is 2.44. The van der Waals surface area contributed by atoms with Crippen LogP contribution in [-0.2, 0) is 0 Å². The van der Waals surface area contributed by atoms with Gasteiger partial charge in [0.15, 0.2) is 0 Å². The van der Waals surface area contributed by atoms with Crippen molar-refractivity contribution in [3.63, 3.8) is 0 Å². The van der Waals surface area contributed by atoms with E-state index in [-0.39, 0.29) is 11.6 Å². The molecule has 0 aliphatic heterocycles. The second-order valence-corrected chi connectivity index (χ2v) is 5.20. The standard InChI is InChI=1S/C15H13BrFNO/c1-9-6-7-13(17)14(8-9)18-15(19)11-4-3-5-12(16)10(11)2/h3-8H,1-2H3,(H,18,19). The molecular formula is C15H13BrFNO. The first-order valence-electron chi connectivity index (χ1n) is 5.81. The molecule has 0 spiro atoms. The molecule has 98 valence electrons. The van der Waals surface area contributed by atoms with E-state index in [2.05, 4.69) is 21.2 Å². The van der Waals surface area contributed by atoms with Crippen molar-refractivity contribution in [1.82, 2.24) is 0 Å². The Morgan fingerprint density at radius 2 is 1.95 bits per heavy atom. The lowest BCUT2D eigenvalue weighted by atomic mass is 10.1. The number of hydrogen-bond donors (Lipinski definition) is 1. The summed E-state index contributed by atoms with van der Waals surface area (Å²) in [5, 5.41) is 2.60. The molecule has 0 aliphatic rings. The number of anilines is 1. The lowest BCUT2D eigenvalue weighted by molar-refractivity contribution is 0.102. The van der Waals surface area contributed by atoms with Gasteiger partial charge in [-0.15, -0.1) is 0 Å². The van der Waals surface area contributed by atoms with Gasteiger partial charge in [-0.05, 0) is 49.2 Å². The number of halogens is 2. The molecule has 2 aromatic carbocycles. The molecule has 2 aromatic rings. The van der Waals surface area contributed by atoms with Crippen molar-refractivity contribution in [2.75, 3.05) is 5.32 Å². The maximum absolute atomic E-state index is 13.6. The van der Waals surface area contributed by atoms with E-state index in [4.69, 9.17) is 0 Å². The van der Waals surface area contributed by atoms with E-state index in [0.29, 0.717) is 5.56 Å². The van der Waals surface area contributed by atoms with Crippen molar-refractivity contribution >= 4 is 27.5 Å². The minimum atomic E-state index is -0.438. The number of carbonyl (C=O) groups excluding carboxylic acids is 1. The van der Waals surface area contributed by atoms with Crippen LogP contribution in [0.1, 0.15) is 21.5 Å². The number of aryl methyl sites for hydroxylation is 1. The third-order valence-electron chi connectivity index (χ3n) is 2.88. The van der Waals surface area contributed by atoms with Gasteiger partial charge in [0.25, 0.3) is 5.91 Å². The van der Waals surface area contributed by atoms with Gasteiger partial charge in [-0.1, -0.05) is 28.1 Å². The van der Waals surface area contributed by atoms with Gasteiger partial charge in [0.1, 0.15) is 5.82 Å². The topological polar surface area (TPSA) is 29.1 Å². The highest BCUT2D eigenvalue weighted by atomic mass is 79.9. The fourth-order valence-electron chi connectivity index (χ4n) is 1.78. The number of rotatable bonds is 2. The SMILES string of the molecule is Cc1ccc(F)c(NC(=O)c2cccc(Br)c2C)c1.